The van der Waals surface area contributed by atoms with Crippen LogP contribution in [0.1, 0.15) is 19.4 Å². The Hall–Kier alpha value is -3.61. The molecule has 0 unspecified atom stereocenters. The van der Waals surface area contributed by atoms with Crippen LogP contribution in [0, 0.1) is 0 Å². The van der Waals surface area contributed by atoms with Crippen LogP contribution in [0.4, 0.5) is 16.2 Å². The van der Waals surface area contributed by atoms with Crippen molar-refractivity contribution < 1.29 is 19.1 Å². The van der Waals surface area contributed by atoms with E-state index in [1.165, 1.54) is 13.2 Å². The maximum absolute atomic E-state index is 12.9. The quantitative estimate of drug-likeness (QED) is 0.602. The largest absolute Gasteiger partial charge is 0.497 e. The Kier molecular flexibility index (Phi) is 5.97. The lowest BCUT2D eigenvalue weighted by Gasteiger charge is -2.26. The summed E-state index contributed by atoms with van der Waals surface area (Å²) in [6.45, 7) is 5.93. The van der Waals surface area contributed by atoms with Crippen LogP contribution in [0.5, 0.6) is 5.75 Å². The summed E-state index contributed by atoms with van der Waals surface area (Å²) in [6, 6.07) is 13.2. The maximum Gasteiger partial charge on any atom is 0.335 e. The number of nitrogens with one attached hydrogen (secondary N) is 1. The van der Waals surface area contributed by atoms with Crippen LogP contribution < -0.4 is 19.9 Å². The second-order valence-corrected chi connectivity index (χ2v) is 6.42. The number of benzene rings is 2. The summed E-state index contributed by atoms with van der Waals surface area (Å²) in [7, 11) is 1.53. The highest BCUT2D eigenvalue weighted by atomic mass is 16.5. The summed E-state index contributed by atoms with van der Waals surface area (Å²) in [5.74, 6) is -0.784. The van der Waals surface area contributed by atoms with E-state index >= 15 is 0 Å². The average Bonchev–Trinajstić information content (AvgIpc) is 2.73. The first kappa shape index (κ1) is 20.1. The van der Waals surface area contributed by atoms with Crippen molar-refractivity contribution in [2.45, 2.75) is 13.8 Å². The molecule has 150 valence electrons. The van der Waals surface area contributed by atoms with Gasteiger partial charge in [-0.1, -0.05) is 12.1 Å². The number of nitrogens with zero attached hydrogens (tertiary/aromatic N) is 2. The van der Waals surface area contributed by atoms with Crippen LogP contribution in [0.25, 0.3) is 6.08 Å². The fraction of sp³-hybridized carbons (Fsp3) is 0.227. The molecule has 4 amide bonds. The van der Waals surface area contributed by atoms with E-state index < -0.39 is 17.8 Å². The summed E-state index contributed by atoms with van der Waals surface area (Å²) in [4.78, 5) is 40.6. The zero-order chi connectivity index (χ0) is 21.0. The maximum atomic E-state index is 12.9. The third kappa shape index (κ3) is 4.13. The summed E-state index contributed by atoms with van der Waals surface area (Å²) in [6.07, 6.45) is 1.49. The van der Waals surface area contributed by atoms with Crippen LogP contribution in [0.3, 0.4) is 0 Å². The second-order valence-electron chi connectivity index (χ2n) is 6.42. The summed E-state index contributed by atoms with van der Waals surface area (Å²) < 4.78 is 5.10. The lowest BCUT2D eigenvalue weighted by Crippen LogP contribution is -2.54. The van der Waals surface area contributed by atoms with Crippen molar-refractivity contribution in [3.05, 3.63) is 59.7 Å². The van der Waals surface area contributed by atoms with Gasteiger partial charge in [-0.15, -0.1) is 0 Å². The molecule has 0 spiro atoms. The average molecular weight is 393 g/mol. The second kappa shape index (κ2) is 8.60. The Bertz CT molecular complexity index is 945. The van der Waals surface area contributed by atoms with E-state index in [1.807, 2.05) is 24.3 Å². The van der Waals surface area contributed by atoms with Gasteiger partial charge in [0.2, 0.25) is 0 Å². The standard InChI is InChI=1S/C22H23N3O4/c1-4-24(5-2)16-8-6-15(7-9-16)14-19-20(26)23-22(28)25(21(19)27)17-10-12-18(29-3)13-11-17/h6-14H,4-5H2,1-3H3,(H,23,26,28)/b19-14-. The number of carbonyl (C=O) groups is 3. The molecular weight excluding hydrogens is 370 g/mol. The smallest absolute Gasteiger partial charge is 0.335 e. The van der Waals surface area contributed by atoms with Gasteiger partial charge in [0.05, 0.1) is 12.8 Å². The topological polar surface area (TPSA) is 79.0 Å². The van der Waals surface area contributed by atoms with Gasteiger partial charge >= 0.3 is 6.03 Å². The fourth-order valence-corrected chi connectivity index (χ4v) is 3.16. The highest BCUT2D eigenvalue weighted by Crippen LogP contribution is 2.24. The number of anilines is 2. The Morgan fingerprint density at radius 2 is 1.59 bits per heavy atom. The molecule has 1 N–H and O–H groups in total. The number of amides is 4. The number of rotatable bonds is 6. The van der Waals surface area contributed by atoms with Crippen LogP contribution in [0.15, 0.2) is 54.1 Å². The predicted octanol–water partition coefficient (Wildman–Crippen LogP) is 3.21. The molecule has 7 nitrogen and oxygen atoms in total. The first-order valence-electron chi connectivity index (χ1n) is 9.39. The Morgan fingerprint density at radius 3 is 2.14 bits per heavy atom. The number of carbonyl (C=O) groups excluding carboxylic acids is 3. The molecule has 0 aliphatic carbocycles. The molecule has 0 saturated carbocycles. The Balaban J connectivity index is 1.90. The summed E-state index contributed by atoms with van der Waals surface area (Å²) in [5.41, 5.74) is 2.01. The summed E-state index contributed by atoms with van der Waals surface area (Å²) in [5, 5.41) is 2.22. The van der Waals surface area contributed by atoms with Crippen molar-refractivity contribution in [1.29, 1.82) is 0 Å². The minimum absolute atomic E-state index is 0.101. The third-order valence-corrected chi connectivity index (χ3v) is 4.76. The van der Waals surface area contributed by atoms with E-state index in [1.54, 1.807) is 24.3 Å². The van der Waals surface area contributed by atoms with E-state index in [0.29, 0.717) is 17.0 Å². The molecule has 1 heterocycles. The molecule has 1 aliphatic rings. The van der Waals surface area contributed by atoms with Gasteiger partial charge in [0.1, 0.15) is 11.3 Å². The number of imide groups is 2. The lowest BCUT2D eigenvalue weighted by atomic mass is 10.1. The molecule has 3 rings (SSSR count). The highest BCUT2D eigenvalue weighted by molar-refractivity contribution is 6.39. The van der Waals surface area contributed by atoms with Crippen LogP contribution >= 0.6 is 0 Å². The number of methoxy groups -OCH3 is 1. The molecule has 2 aromatic rings. The lowest BCUT2D eigenvalue weighted by molar-refractivity contribution is -0.122. The molecule has 1 fully saturated rings. The van der Waals surface area contributed by atoms with E-state index in [0.717, 1.165) is 23.7 Å². The van der Waals surface area contributed by atoms with E-state index in [4.69, 9.17) is 4.74 Å². The van der Waals surface area contributed by atoms with Crippen molar-refractivity contribution in [2.75, 3.05) is 30.0 Å². The molecule has 7 heteroatoms. The van der Waals surface area contributed by atoms with E-state index in [-0.39, 0.29) is 5.57 Å². The third-order valence-electron chi connectivity index (χ3n) is 4.76. The molecule has 0 bridgehead atoms. The molecule has 1 saturated heterocycles. The zero-order valence-electron chi connectivity index (χ0n) is 16.6. The Labute approximate surface area is 169 Å². The fourth-order valence-electron chi connectivity index (χ4n) is 3.16. The van der Waals surface area contributed by atoms with Gasteiger partial charge in [-0.2, -0.15) is 0 Å². The molecule has 2 aromatic carbocycles. The van der Waals surface area contributed by atoms with Crippen molar-refractivity contribution in [2.24, 2.45) is 0 Å². The van der Waals surface area contributed by atoms with Crippen molar-refractivity contribution in [3.63, 3.8) is 0 Å². The van der Waals surface area contributed by atoms with Crippen LogP contribution in [0.2, 0.25) is 0 Å². The number of hydrogen-bond acceptors (Lipinski definition) is 5. The van der Waals surface area contributed by atoms with Gasteiger partial charge in [-0.25, -0.2) is 9.69 Å². The molecule has 29 heavy (non-hydrogen) atoms. The normalized spacial score (nSPS) is 15.5. The predicted molar refractivity (Wildman–Crippen MR) is 112 cm³/mol. The van der Waals surface area contributed by atoms with Crippen LogP contribution in [-0.2, 0) is 9.59 Å². The van der Waals surface area contributed by atoms with Crippen LogP contribution in [-0.4, -0.2) is 38.0 Å². The first-order chi connectivity index (χ1) is 14.0. The van der Waals surface area contributed by atoms with Crippen molar-refractivity contribution in [1.82, 2.24) is 5.32 Å². The SMILES string of the molecule is CCN(CC)c1ccc(/C=C2/C(=O)NC(=O)N(c3ccc(OC)cc3)C2=O)cc1. The summed E-state index contributed by atoms with van der Waals surface area (Å²) >= 11 is 0. The van der Waals surface area contributed by atoms with Gasteiger partial charge in [0, 0.05) is 18.8 Å². The van der Waals surface area contributed by atoms with Gasteiger partial charge in [0.25, 0.3) is 11.8 Å². The highest BCUT2D eigenvalue weighted by Gasteiger charge is 2.36. The number of hydrogen-bond donors (Lipinski definition) is 1. The molecule has 0 aromatic heterocycles. The van der Waals surface area contributed by atoms with Gasteiger partial charge in [-0.05, 0) is 61.9 Å². The monoisotopic (exact) mass is 393 g/mol. The van der Waals surface area contributed by atoms with Gasteiger partial charge in [0.15, 0.2) is 0 Å². The molecule has 1 aliphatic heterocycles. The minimum Gasteiger partial charge on any atom is -0.497 e. The van der Waals surface area contributed by atoms with E-state index in [2.05, 4.69) is 24.1 Å². The minimum atomic E-state index is -0.779. The number of ether oxygens (including phenoxy) is 1. The molecule has 0 radical (unpaired) electrons. The Morgan fingerprint density at radius 1 is 0.966 bits per heavy atom. The molecular formula is C22H23N3O4. The van der Waals surface area contributed by atoms with E-state index in [9.17, 15) is 14.4 Å². The number of urea groups is 1. The first-order valence-corrected chi connectivity index (χ1v) is 9.39. The van der Waals surface area contributed by atoms with Gasteiger partial charge in [-0.3, -0.25) is 14.9 Å². The van der Waals surface area contributed by atoms with Crippen molar-refractivity contribution >= 4 is 35.3 Å². The van der Waals surface area contributed by atoms with Gasteiger partial charge < -0.3 is 9.64 Å². The molecule has 0 atom stereocenters. The van der Waals surface area contributed by atoms with Crippen molar-refractivity contribution in [3.8, 4) is 5.75 Å². The number of barbiturate groups is 1. The zero-order valence-corrected chi connectivity index (χ0v) is 16.6.